The molecular weight excluding hydrogens is 800 g/mol. The minimum absolute atomic E-state index is 0. The zero-order valence-electron chi connectivity index (χ0n) is 37.9. The number of hydrogen-bond acceptors (Lipinski definition) is 3. The number of imidazole rings is 2. The number of aromatic nitrogens is 4. The average molecular weight is 888 g/mol. The van der Waals surface area contributed by atoms with Crippen LogP contribution in [0.1, 0.15) is 219 Å². The zero-order chi connectivity index (χ0) is 43.2. The molecule has 0 aliphatic carbocycles. The van der Waals surface area contributed by atoms with Crippen LogP contribution in [0, 0.1) is 0 Å². The Morgan fingerprint density at radius 1 is 0.492 bits per heavy atom. The quantitative estimate of drug-likeness (QED) is 0.0296. The molecule has 2 aromatic rings. The molecule has 0 aliphatic heterocycles. The highest BCUT2D eigenvalue weighted by molar-refractivity contribution is 7.86. The van der Waals surface area contributed by atoms with E-state index in [1.807, 2.05) is 0 Å². The summed E-state index contributed by atoms with van der Waals surface area (Å²) in [5.74, 6) is 0. The second-order valence-corrected chi connectivity index (χ2v) is 18.0. The van der Waals surface area contributed by atoms with Gasteiger partial charge in [-0.1, -0.05) is 194 Å². The van der Waals surface area contributed by atoms with Gasteiger partial charge in [0, 0.05) is 0 Å². The molecule has 350 valence electrons. The van der Waals surface area contributed by atoms with Gasteiger partial charge in [-0.05, 0) is 25.7 Å². The Morgan fingerprint density at radius 2 is 0.712 bits per heavy atom. The fourth-order valence-corrected chi connectivity index (χ4v) is 7.28. The lowest BCUT2D eigenvalue weighted by atomic mass is 10.0. The lowest BCUT2D eigenvalue weighted by Gasteiger charge is -2.17. The van der Waals surface area contributed by atoms with Crippen molar-refractivity contribution in [2.45, 2.75) is 244 Å². The molecule has 0 radical (unpaired) electrons. The van der Waals surface area contributed by atoms with Crippen LogP contribution in [0.3, 0.4) is 0 Å². The van der Waals surface area contributed by atoms with Gasteiger partial charge in [0.25, 0.3) is 0 Å². The average Bonchev–Trinajstić information content (AvgIpc) is 3.81. The molecule has 0 fully saturated rings. The fraction of sp³-hybridized carbons (Fsp3) is 0.870. The lowest BCUT2D eigenvalue weighted by molar-refractivity contribution is -0.671. The summed E-state index contributed by atoms with van der Waals surface area (Å²) in [5.41, 5.74) is 0. The maximum Gasteiger partial charge on any atom is 0.393 e. The Kier molecular flexibility index (Phi) is 40.7. The van der Waals surface area contributed by atoms with Crippen LogP contribution in [0.4, 0.5) is 17.6 Å². The van der Waals surface area contributed by atoms with E-state index in [-0.39, 0.29) is 12.4 Å². The molecular formula is C46H87ClF4N4O3S. The first-order chi connectivity index (χ1) is 27.8. The van der Waals surface area contributed by atoms with Gasteiger partial charge in [0.1, 0.15) is 24.8 Å². The summed E-state index contributed by atoms with van der Waals surface area (Å²) in [6, 6.07) is 0. The third-order valence-corrected chi connectivity index (χ3v) is 11.6. The minimum atomic E-state index is -6.23. The van der Waals surface area contributed by atoms with Crippen molar-refractivity contribution < 1.29 is 52.1 Å². The highest BCUT2D eigenvalue weighted by Crippen LogP contribution is 2.27. The van der Waals surface area contributed by atoms with Crippen LogP contribution >= 0.6 is 0 Å². The Bertz CT molecular complexity index is 1210. The van der Waals surface area contributed by atoms with Gasteiger partial charge in [0.15, 0.2) is 10.1 Å². The number of unbranched alkanes of at least 4 members (excludes halogenated alkanes) is 30. The van der Waals surface area contributed by atoms with Crippen LogP contribution in [0.2, 0.25) is 0 Å². The third-order valence-electron chi connectivity index (χ3n) is 10.8. The second-order valence-electron chi connectivity index (χ2n) is 16.6. The van der Waals surface area contributed by atoms with Crippen molar-refractivity contribution in [1.29, 1.82) is 0 Å². The van der Waals surface area contributed by atoms with Crippen molar-refractivity contribution in [2.75, 3.05) is 0 Å². The monoisotopic (exact) mass is 887 g/mol. The van der Waals surface area contributed by atoms with Gasteiger partial charge in [-0.25, -0.2) is 35.5 Å². The highest BCUT2D eigenvalue weighted by atomic mass is 35.5. The van der Waals surface area contributed by atoms with Gasteiger partial charge in [0.05, 0.1) is 27.2 Å². The molecule has 0 unspecified atom stereocenters. The third kappa shape index (κ3) is 36.7. The molecule has 0 saturated heterocycles. The molecule has 2 heterocycles. The van der Waals surface area contributed by atoms with Crippen molar-refractivity contribution in [2.24, 2.45) is 14.1 Å². The van der Waals surface area contributed by atoms with Crippen LogP contribution in [-0.4, -0.2) is 33.8 Å². The SMILES string of the molecule is CCCCCCCCCCCCCCCCCCn1cc[n+](C)c1.CCCCCCCCCCCCCCCCCCn1cc[n+](C)c1.O=S(=O)([O-])C(F)(F)C(F)F.[Cl-]. The predicted octanol–water partition coefficient (Wildman–Crippen LogP) is 10.5. The van der Waals surface area contributed by atoms with E-state index in [9.17, 15) is 30.5 Å². The fourth-order valence-electron chi connectivity index (χ4n) is 7.06. The maximum atomic E-state index is 11.4. The summed E-state index contributed by atoms with van der Waals surface area (Å²) in [5, 5.41) is -5.48. The Hall–Kier alpha value is -1.66. The summed E-state index contributed by atoms with van der Waals surface area (Å²) in [6.45, 7) is 6.95. The van der Waals surface area contributed by atoms with Crippen LogP contribution in [0.25, 0.3) is 0 Å². The summed E-state index contributed by atoms with van der Waals surface area (Å²) >= 11 is 0. The Morgan fingerprint density at radius 3 is 0.864 bits per heavy atom. The van der Waals surface area contributed by atoms with E-state index in [4.69, 9.17) is 0 Å². The molecule has 0 amide bonds. The molecule has 13 heteroatoms. The largest absolute Gasteiger partial charge is 1.00 e. The van der Waals surface area contributed by atoms with Gasteiger partial charge >= 0.3 is 11.7 Å². The van der Waals surface area contributed by atoms with E-state index in [1.54, 1.807) is 0 Å². The van der Waals surface area contributed by atoms with E-state index in [0.717, 1.165) is 0 Å². The number of aryl methyl sites for hydroxylation is 4. The number of alkyl halides is 4. The molecule has 0 N–H and O–H groups in total. The second kappa shape index (κ2) is 40.4. The first-order valence-electron chi connectivity index (χ1n) is 23.5. The van der Waals surface area contributed by atoms with Gasteiger partial charge in [0.2, 0.25) is 12.7 Å². The zero-order valence-corrected chi connectivity index (χ0v) is 39.5. The summed E-state index contributed by atoms with van der Waals surface area (Å²) in [6.07, 6.45) is 54.6. The summed E-state index contributed by atoms with van der Waals surface area (Å²) in [4.78, 5) is 0. The van der Waals surface area contributed by atoms with Crippen molar-refractivity contribution in [3.8, 4) is 0 Å². The van der Waals surface area contributed by atoms with Gasteiger partial charge in [-0.2, -0.15) is 8.78 Å². The number of hydrogen-bond donors (Lipinski definition) is 0. The van der Waals surface area contributed by atoms with Crippen LogP contribution in [0.5, 0.6) is 0 Å². The van der Waals surface area contributed by atoms with Crippen LogP contribution < -0.4 is 21.5 Å². The first-order valence-corrected chi connectivity index (χ1v) is 24.9. The maximum absolute atomic E-state index is 11.4. The normalized spacial score (nSPS) is 11.6. The number of rotatable bonds is 36. The van der Waals surface area contributed by atoms with Gasteiger partial charge < -0.3 is 17.0 Å². The van der Waals surface area contributed by atoms with E-state index in [1.165, 1.54) is 219 Å². The van der Waals surface area contributed by atoms with Crippen molar-refractivity contribution in [3.05, 3.63) is 37.4 Å². The smallest absolute Gasteiger partial charge is 0.393 e. The molecule has 0 saturated carbocycles. The topological polar surface area (TPSA) is 74.8 Å². The molecule has 2 rings (SSSR count). The number of halogens is 5. The molecule has 59 heavy (non-hydrogen) atoms. The molecule has 0 aromatic carbocycles. The van der Waals surface area contributed by atoms with Gasteiger partial charge in [-0.15, -0.1) is 0 Å². The van der Waals surface area contributed by atoms with Crippen LogP contribution in [0.15, 0.2) is 37.4 Å². The summed E-state index contributed by atoms with van der Waals surface area (Å²) < 4.78 is 81.5. The standard InChI is InChI=1S/2C22H43N2.C2H2F4O3S.ClH/c2*1-3-4-5-6-7-8-9-10-11-12-13-14-15-16-17-18-19-24-21-20-23(2)22-24;3-1(4)2(5,6)10(7,8)9;/h2*20-22H,3-19H2,1-2H3;1H,(H,7,8,9);1H/q2*+1;;/p-2. The first kappa shape index (κ1) is 59.4. The van der Waals surface area contributed by atoms with E-state index in [0.29, 0.717) is 0 Å². The molecule has 0 spiro atoms. The Balaban J connectivity index is 0. The molecule has 0 atom stereocenters. The van der Waals surface area contributed by atoms with Crippen LogP contribution in [-0.2, 0) is 37.3 Å². The highest BCUT2D eigenvalue weighted by Gasteiger charge is 2.48. The van der Waals surface area contributed by atoms with E-state index in [2.05, 4.69) is 83.7 Å². The van der Waals surface area contributed by atoms with Crippen molar-refractivity contribution in [3.63, 3.8) is 0 Å². The summed E-state index contributed by atoms with van der Waals surface area (Å²) in [7, 11) is -2.06. The lowest BCUT2D eigenvalue weighted by Crippen LogP contribution is -3.00. The molecule has 7 nitrogen and oxygen atoms in total. The van der Waals surface area contributed by atoms with Gasteiger partial charge in [-0.3, -0.25) is 0 Å². The molecule has 2 aromatic heterocycles. The molecule has 0 aliphatic rings. The Labute approximate surface area is 365 Å². The predicted molar refractivity (Wildman–Crippen MR) is 231 cm³/mol. The number of nitrogens with zero attached hydrogens (tertiary/aromatic N) is 4. The van der Waals surface area contributed by atoms with Crippen molar-refractivity contribution >= 4 is 10.1 Å². The van der Waals surface area contributed by atoms with E-state index >= 15 is 0 Å². The van der Waals surface area contributed by atoms with E-state index < -0.39 is 21.8 Å². The molecule has 0 bridgehead atoms. The minimum Gasteiger partial charge on any atom is -1.00 e. The van der Waals surface area contributed by atoms with Crippen molar-refractivity contribution in [1.82, 2.24) is 9.13 Å².